The van der Waals surface area contributed by atoms with Crippen molar-refractivity contribution in [2.24, 2.45) is 0 Å². The van der Waals surface area contributed by atoms with E-state index < -0.39 is 0 Å². The number of nitrogens with zero attached hydrogens (tertiary/aromatic N) is 6. The molecule has 7 heteroatoms. The van der Waals surface area contributed by atoms with Gasteiger partial charge in [-0.1, -0.05) is 0 Å². The first-order valence-electron chi connectivity index (χ1n) is 6.94. The SMILES string of the molecule is C[C@@H](C(=O)N1CCCn2nc(C#N)cc2C1)n1cccn1. The van der Waals surface area contributed by atoms with Gasteiger partial charge in [0.25, 0.3) is 0 Å². The number of amides is 1. The Labute approximate surface area is 122 Å². The molecule has 1 aliphatic heterocycles. The predicted octanol–water partition coefficient (Wildman–Crippen LogP) is 0.945. The van der Waals surface area contributed by atoms with Crippen molar-refractivity contribution in [1.29, 1.82) is 5.26 Å². The van der Waals surface area contributed by atoms with Crippen molar-refractivity contribution < 1.29 is 4.79 Å². The van der Waals surface area contributed by atoms with Crippen molar-refractivity contribution in [3.63, 3.8) is 0 Å². The van der Waals surface area contributed by atoms with Crippen LogP contribution < -0.4 is 0 Å². The molecule has 2 aromatic rings. The monoisotopic (exact) mass is 284 g/mol. The van der Waals surface area contributed by atoms with Gasteiger partial charge in [0.1, 0.15) is 12.1 Å². The molecule has 2 aromatic heterocycles. The third kappa shape index (κ3) is 2.52. The third-order valence-electron chi connectivity index (χ3n) is 3.72. The normalized spacial score (nSPS) is 15.9. The Balaban J connectivity index is 1.80. The van der Waals surface area contributed by atoms with Gasteiger partial charge in [-0.25, -0.2) is 0 Å². The Kier molecular flexibility index (Phi) is 3.44. The summed E-state index contributed by atoms with van der Waals surface area (Å²) in [4.78, 5) is 14.4. The van der Waals surface area contributed by atoms with Crippen LogP contribution in [0.5, 0.6) is 0 Å². The Morgan fingerprint density at radius 2 is 2.33 bits per heavy atom. The van der Waals surface area contributed by atoms with Crippen LogP contribution in [0.2, 0.25) is 0 Å². The first kappa shape index (κ1) is 13.4. The minimum atomic E-state index is -0.329. The molecule has 0 fully saturated rings. The zero-order valence-corrected chi connectivity index (χ0v) is 11.8. The molecular weight excluding hydrogens is 268 g/mol. The average Bonchev–Trinajstić information content (AvgIpc) is 3.11. The van der Waals surface area contributed by atoms with E-state index in [1.807, 2.05) is 22.6 Å². The molecule has 1 amide bonds. The van der Waals surface area contributed by atoms with Crippen molar-refractivity contribution >= 4 is 5.91 Å². The van der Waals surface area contributed by atoms with Crippen molar-refractivity contribution in [2.45, 2.75) is 32.5 Å². The summed E-state index contributed by atoms with van der Waals surface area (Å²) in [6.45, 7) is 3.75. The lowest BCUT2D eigenvalue weighted by atomic mass is 10.2. The molecule has 1 atom stereocenters. The van der Waals surface area contributed by atoms with Crippen LogP contribution in [0.3, 0.4) is 0 Å². The van der Waals surface area contributed by atoms with E-state index in [-0.39, 0.29) is 11.9 Å². The molecule has 0 saturated heterocycles. The van der Waals surface area contributed by atoms with E-state index in [9.17, 15) is 4.79 Å². The molecule has 1 aliphatic rings. The van der Waals surface area contributed by atoms with Gasteiger partial charge in [-0.3, -0.25) is 14.2 Å². The van der Waals surface area contributed by atoms with E-state index in [2.05, 4.69) is 10.2 Å². The maximum absolute atomic E-state index is 12.6. The summed E-state index contributed by atoms with van der Waals surface area (Å²) in [5.41, 5.74) is 1.31. The molecule has 0 aromatic carbocycles. The van der Waals surface area contributed by atoms with Crippen molar-refractivity contribution in [1.82, 2.24) is 24.5 Å². The van der Waals surface area contributed by atoms with Crippen LogP contribution >= 0.6 is 0 Å². The fourth-order valence-corrected chi connectivity index (χ4v) is 2.59. The topological polar surface area (TPSA) is 79.7 Å². The summed E-state index contributed by atoms with van der Waals surface area (Å²) in [6, 6.07) is 5.28. The lowest BCUT2D eigenvalue weighted by Crippen LogP contribution is -2.36. The minimum absolute atomic E-state index is 0.0341. The summed E-state index contributed by atoms with van der Waals surface area (Å²) < 4.78 is 3.48. The van der Waals surface area contributed by atoms with Gasteiger partial charge in [0.2, 0.25) is 5.91 Å². The van der Waals surface area contributed by atoms with Crippen LogP contribution in [0.15, 0.2) is 24.5 Å². The second-order valence-corrected chi connectivity index (χ2v) is 5.13. The molecule has 7 nitrogen and oxygen atoms in total. The molecule has 0 unspecified atom stereocenters. The lowest BCUT2D eigenvalue weighted by Gasteiger charge is -2.24. The Morgan fingerprint density at radius 3 is 3.05 bits per heavy atom. The van der Waals surface area contributed by atoms with Crippen LogP contribution in [-0.2, 0) is 17.9 Å². The van der Waals surface area contributed by atoms with Crippen LogP contribution in [0.1, 0.15) is 30.8 Å². The number of rotatable bonds is 2. The van der Waals surface area contributed by atoms with E-state index in [4.69, 9.17) is 5.26 Å². The van der Waals surface area contributed by atoms with E-state index in [1.54, 1.807) is 29.2 Å². The lowest BCUT2D eigenvalue weighted by molar-refractivity contribution is -0.135. The van der Waals surface area contributed by atoms with E-state index >= 15 is 0 Å². The summed E-state index contributed by atoms with van der Waals surface area (Å²) in [5.74, 6) is 0.0341. The fraction of sp³-hybridized carbons (Fsp3) is 0.429. The first-order valence-corrected chi connectivity index (χ1v) is 6.94. The molecule has 21 heavy (non-hydrogen) atoms. The number of aryl methyl sites for hydroxylation is 1. The Hall–Kier alpha value is -2.62. The molecule has 0 aliphatic carbocycles. The Morgan fingerprint density at radius 1 is 1.48 bits per heavy atom. The molecular formula is C14H16N6O. The number of carbonyl (C=O) groups excluding carboxylic acids is 1. The standard InChI is InChI=1S/C14H16N6O/c1-11(19-6-2-4-16-19)14(21)18-5-3-7-20-13(10-18)8-12(9-15)17-20/h2,4,6,8,11H,3,5,7,10H2,1H3/t11-/m0/s1. The van der Waals surface area contributed by atoms with E-state index in [1.165, 1.54) is 0 Å². The van der Waals surface area contributed by atoms with Gasteiger partial charge in [-0.2, -0.15) is 15.5 Å². The summed E-state index contributed by atoms with van der Waals surface area (Å²) in [5, 5.41) is 17.3. The summed E-state index contributed by atoms with van der Waals surface area (Å²) in [7, 11) is 0. The fourth-order valence-electron chi connectivity index (χ4n) is 2.59. The maximum atomic E-state index is 12.6. The van der Waals surface area contributed by atoms with Crippen LogP contribution in [0.4, 0.5) is 0 Å². The highest BCUT2D eigenvalue weighted by Gasteiger charge is 2.25. The van der Waals surface area contributed by atoms with Gasteiger partial charge in [-0.15, -0.1) is 0 Å². The average molecular weight is 284 g/mol. The largest absolute Gasteiger partial charge is 0.335 e. The molecule has 3 rings (SSSR count). The van der Waals surface area contributed by atoms with Gasteiger partial charge in [0.15, 0.2) is 5.69 Å². The number of nitriles is 1. The maximum Gasteiger partial charge on any atom is 0.247 e. The first-order chi connectivity index (χ1) is 10.2. The highest BCUT2D eigenvalue weighted by atomic mass is 16.2. The predicted molar refractivity (Wildman–Crippen MR) is 73.9 cm³/mol. The van der Waals surface area contributed by atoms with Gasteiger partial charge in [0.05, 0.1) is 12.2 Å². The van der Waals surface area contributed by atoms with Gasteiger partial charge in [-0.05, 0) is 25.5 Å². The molecule has 0 saturated carbocycles. The third-order valence-corrected chi connectivity index (χ3v) is 3.72. The number of fused-ring (bicyclic) bond motifs is 1. The van der Waals surface area contributed by atoms with Crippen molar-refractivity contribution in [3.05, 3.63) is 35.9 Å². The molecule has 0 spiro atoms. The number of aromatic nitrogens is 4. The Bertz CT molecular complexity index is 681. The van der Waals surface area contributed by atoms with Crippen LogP contribution in [-0.4, -0.2) is 36.9 Å². The summed E-state index contributed by atoms with van der Waals surface area (Å²) >= 11 is 0. The highest BCUT2D eigenvalue weighted by Crippen LogP contribution is 2.17. The van der Waals surface area contributed by atoms with E-state index in [0.717, 1.165) is 18.7 Å². The zero-order chi connectivity index (χ0) is 14.8. The molecule has 0 N–H and O–H groups in total. The minimum Gasteiger partial charge on any atom is -0.335 e. The van der Waals surface area contributed by atoms with Crippen LogP contribution in [0, 0.1) is 11.3 Å². The van der Waals surface area contributed by atoms with Crippen LogP contribution in [0.25, 0.3) is 0 Å². The number of hydrogen-bond acceptors (Lipinski definition) is 4. The van der Waals surface area contributed by atoms with Crippen molar-refractivity contribution in [2.75, 3.05) is 6.54 Å². The quantitative estimate of drug-likeness (QED) is 0.822. The number of carbonyl (C=O) groups is 1. The van der Waals surface area contributed by atoms with Crippen molar-refractivity contribution in [3.8, 4) is 6.07 Å². The smallest absolute Gasteiger partial charge is 0.247 e. The van der Waals surface area contributed by atoms with Gasteiger partial charge < -0.3 is 4.90 Å². The molecule has 3 heterocycles. The molecule has 0 radical (unpaired) electrons. The molecule has 0 bridgehead atoms. The van der Waals surface area contributed by atoms with Gasteiger partial charge >= 0.3 is 0 Å². The van der Waals surface area contributed by atoms with E-state index in [0.29, 0.717) is 18.8 Å². The highest BCUT2D eigenvalue weighted by molar-refractivity contribution is 5.80. The molecule has 108 valence electrons. The summed E-state index contributed by atoms with van der Waals surface area (Å²) in [6.07, 6.45) is 4.29. The zero-order valence-electron chi connectivity index (χ0n) is 11.8. The second-order valence-electron chi connectivity index (χ2n) is 5.13. The van der Waals surface area contributed by atoms with Gasteiger partial charge in [0, 0.05) is 25.5 Å². The second kappa shape index (κ2) is 5.40. The number of hydrogen-bond donors (Lipinski definition) is 0.